The van der Waals surface area contributed by atoms with Gasteiger partial charge < -0.3 is 14.0 Å². The molecule has 0 unspecified atom stereocenters. The molecule has 3 rings (SSSR count). The predicted molar refractivity (Wildman–Crippen MR) is 76.3 cm³/mol. The van der Waals surface area contributed by atoms with E-state index in [-0.39, 0.29) is 0 Å². The van der Waals surface area contributed by atoms with Crippen LogP contribution in [0.15, 0.2) is 16.9 Å². The fourth-order valence-corrected chi connectivity index (χ4v) is 3.09. The van der Waals surface area contributed by atoms with Gasteiger partial charge in [0.05, 0.1) is 5.69 Å². The van der Waals surface area contributed by atoms with Gasteiger partial charge in [-0.3, -0.25) is 0 Å². The van der Waals surface area contributed by atoms with Crippen LogP contribution in [0.4, 0.5) is 0 Å². The lowest BCUT2D eigenvalue weighted by atomic mass is 9.98. The Morgan fingerprint density at radius 2 is 2.30 bits per heavy atom. The largest absolute Gasteiger partial charge is 0.361 e. The maximum Gasteiger partial charge on any atom is 0.138 e. The summed E-state index contributed by atoms with van der Waals surface area (Å²) in [5, 5.41) is 4.02. The molecule has 0 radical (unpaired) electrons. The van der Waals surface area contributed by atoms with Gasteiger partial charge in [-0.05, 0) is 33.2 Å². The molecule has 0 saturated carbocycles. The Balaban J connectivity index is 1.59. The Kier molecular flexibility index (Phi) is 3.61. The lowest BCUT2D eigenvalue weighted by Gasteiger charge is -2.28. The fraction of sp³-hybridized carbons (Fsp3) is 0.600. The summed E-state index contributed by atoms with van der Waals surface area (Å²) in [6.07, 6.45) is 6.32. The van der Waals surface area contributed by atoms with Gasteiger partial charge in [-0.1, -0.05) is 5.16 Å². The van der Waals surface area contributed by atoms with Crippen molar-refractivity contribution >= 4 is 0 Å². The summed E-state index contributed by atoms with van der Waals surface area (Å²) in [7, 11) is 2.18. The summed E-state index contributed by atoms with van der Waals surface area (Å²) in [4.78, 5) is 6.76. The Bertz CT molecular complexity index is 567. The summed E-state index contributed by atoms with van der Waals surface area (Å²) >= 11 is 0. The van der Waals surface area contributed by atoms with E-state index in [2.05, 4.69) is 32.9 Å². The Labute approximate surface area is 119 Å². The maximum atomic E-state index is 5.23. The van der Waals surface area contributed by atoms with E-state index < -0.39 is 0 Å². The van der Waals surface area contributed by atoms with E-state index in [1.54, 1.807) is 0 Å². The van der Waals surface area contributed by atoms with Crippen molar-refractivity contribution < 1.29 is 4.52 Å². The van der Waals surface area contributed by atoms with E-state index in [9.17, 15) is 0 Å². The molecule has 2 aromatic rings. The van der Waals surface area contributed by atoms with Crippen LogP contribution in [0.3, 0.4) is 0 Å². The molecule has 3 heterocycles. The second-order valence-corrected chi connectivity index (χ2v) is 5.90. The van der Waals surface area contributed by atoms with Crippen LogP contribution in [-0.4, -0.2) is 33.2 Å². The van der Waals surface area contributed by atoms with Gasteiger partial charge in [0.25, 0.3) is 0 Å². The molecular formula is C15H22N4O. The van der Waals surface area contributed by atoms with Crippen LogP contribution < -0.4 is 0 Å². The van der Waals surface area contributed by atoms with Gasteiger partial charge in [-0.25, -0.2) is 4.98 Å². The zero-order chi connectivity index (χ0) is 14.1. The molecule has 0 bridgehead atoms. The van der Waals surface area contributed by atoms with Crippen molar-refractivity contribution in [3.05, 3.63) is 35.2 Å². The smallest absolute Gasteiger partial charge is 0.138 e. The second-order valence-electron chi connectivity index (χ2n) is 5.90. The number of hydrogen-bond donors (Lipinski definition) is 0. The van der Waals surface area contributed by atoms with Crippen LogP contribution in [-0.2, 0) is 19.5 Å². The van der Waals surface area contributed by atoms with E-state index in [1.165, 1.54) is 17.8 Å². The molecule has 0 amide bonds. The number of hydrogen-bond acceptors (Lipinski definition) is 4. The average Bonchev–Trinajstić information content (AvgIpc) is 3.00. The van der Waals surface area contributed by atoms with E-state index in [0.29, 0.717) is 5.92 Å². The van der Waals surface area contributed by atoms with Crippen molar-refractivity contribution in [3.8, 4) is 0 Å². The Morgan fingerprint density at radius 3 is 3.05 bits per heavy atom. The highest BCUT2D eigenvalue weighted by molar-refractivity contribution is 5.20. The van der Waals surface area contributed by atoms with Crippen LogP contribution in [0.5, 0.6) is 0 Å². The summed E-state index contributed by atoms with van der Waals surface area (Å²) in [5.74, 6) is 2.87. The fourth-order valence-electron chi connectivity index (χ4n) is 3.09. The number of aromatic nitrogens is 3. The topological polar surface area (TPSA) is 47.1 Å². The number of aryl methyl sites for hydroxylation is 3. The number of rotatable bonds is 4. The summed E-state index contributed by atoms with van der Waals surface area (Å²) in [6, 6.07) is 0. The van der Waals surface area contributed by atoms with Crippen molar-refractivity contribution in [1.82, 2.24) is 19.6 Å². The maximum absolute atomic E-state index is 5.23. The van der Waals surface area contributed by atoms with Gasteiger partial charge in [0.2, 0.25) is 0 Å². The molecule has 2 aromatic heterocycles. The molecule has 0 N–H and O–H groups in total. The molecule has 1 aliphatic heterocycles. The molecular weight excluding hydrogens is 252 g/mol. The van der Waals surface area contributed by atoms with Gasteiger partial charge in [0.15, 0.2) is 0 Å². The molecule has 1 aliphatic rings. The first kappa shape index (κ1) is 13.4. The van der Waals surface area contributed by atoms with Gasteiger partial charge in [0, 0.05) is 44.0 Å². The molecule has 108 valence electrons. The molecule has 5 heteroatoms. The van der Waals surface area contributed by atoms with E-state index in [4.69, 9.17) is 4.52 Å². The Hall–Kier alpha value is -1.62. The third-order valence-corrected chi connectivity index (χ3v) is 4.21. The first-order valence-electron chi connectivity index (χ1n) is 7.23. The minimum absolute atomic E-state index is 0.696. The SMILES string of the molecule is Cc1noc(C)c1CN(C)C[C@@H]1CCc2nccn2C1. The van der Waals surface area contributed by atoms with Crippen molar-refractivity contribution in [3.63, 3.8) is 0 Å². The van der Waals surface area contributed by atoms with Gasteiger partial charge in [0.1, 0.15) is 11.6 Å². The van der Waals surface area contributed by atoms with Gasteiger partial charge >= 0.3 is 0 Å². The average molecular weight is 274 g/mol. The summed E-state index contributed by atoms with van der Waals surface area (Å²) in [5.41, 5.74) is 2.24. The first-order chi connectivity index (χ1) is 9.63. The molecule has 0 aliphatic carbocycles. The minimum atomic E-state index is 0.696. The van der Waals surface area contributed by atoms with Crippen LogP contribution in [0.1, 0.15) is 29.3 Å². The third-order valence-electron chi connectivity index (χ3n) is 4.21. The van der Waals surface area contributed by atoms with Crippen LogP contribution >= 0.6 is 0 Å². The standard InChI is InChI=1S/C15H22N4O/c1-11-14(12(2)20-17-11)10-18(3)8-13-4-5-15-16-6-7-19(15)9-13/h6-7,13H,4-5,8-10H2,1-3H3/t13-/m0/s1. The highest BCUT2D eigenvalue weighted by Gasteiger charge is 2.21. The van der Waals surface area contributed by atoms with Crippen molar-refractivity contribution in [2.45, 2.75) is 39.8 Å². The monoisotopic (exact) mass is 274 g/mol. The molecule has 1 atom stereocenters. The van der Waals surface area contributed by atoms with Gasteiger partial charge in [-0.2, -0.15) is 0 Å². The second kappa shape index (κ2) is 5.40. The molecule has 20 heavy (non-hydrogen) atoms. The summed E-state index contributed by atoms with van der Waals surface area (Å²) in [6.45, 7) is 7.09. The van der Waals surface area contributed by atoms with Crippen molar-refractivity contribution in [2.75, 3.05) is 13.6 Å². The number of imidazole rings is 1. The number of fused-ring (bicyclic) bond motifs is 1. The highest BCUT2D eigenvalue weighted by atomic mass is 16.5. The van der Waals surface area contributed by atoms with Crippen LogP contribution in [0.2, 0.25) is 0 Å². The lowest BCUT2D eigenvalue weighted by molar-refractivity contribution is 0.228. The van der Waals surface area contributed by atoms with Crippen LogP contribution in [0, 0.1) is 19.8 Å². The normalized spacial score (nSPS) is 18.5. The van der Waals surface area contributed by atoms with E-state index in [0.717, 1.165) is 37.5 Å². The van der Waals surface area contributed by atoms with E-state index >= 15 is 0 Å². The van der Waals surface area contributed by atoms with E-state index in [1.807, 2.05) is 20.0 Å². The van der Waals surface area contributed by atoms with Crippen molar-refractivity contribution in [2.24, 2.45) is 5.92 Å². The van der Waals surface area contributed by atoms with Crippen molar-refractivity contribution in [1.29, 1.82) is 0 Å². The molecule has 0 fully saturated rings. The first-order valence-corrected chi connectivity index (χ1v) is 7.23. The Morgan fingerprint density at radius 1 is 1.45 bits per heavy atom. The molecule has 0 spiro atoms. The molecule has 5 nitrogen and oxygen atoms in total. The number of nitrogens with zero attached hydrogens (tertiary/aromatic N) is 4. The predicted octanol–water partition coefficient (Wildman–Crippen LogP) is 2.18. The summed E-state index contributed by atoms with van der Waals surface area (Å²) < 4.78 is 7.52. The zero-order valence-electron chi connectivity index (χ0n) is 12.5. The molecule has 0 saturated heterocycles. The van der Waals surface area contributed by atoms with Gasteiger partial charge in [-0.15, -0.1) is 0 Å². The zero-order valence-corrected chi connectivity index (χ0v) is 12.5. The van der Waals surface area contributed by atoms with Crippen LogP contribution in [0.25, 0.3) is 0 Å². The molecule has 0 aromatic carbocycles. The minimum Gasteiger partial charge on any atom is -0.361 e. The third kappa shape index (κ3) is 2.63. The highest BCUT2D eigenvalue weighted by Crippen LogP contribution is 2.21. The quantitative estimate of drug-likeness (QED) is 0.857. The lowest BCUT2D eigenvalue weighted by Crippen LogP contribution is -2.31.